The molecule has 1 rings (SSSR count). The average molecular weight is 222 g/mol. The Morgan fingerprint density at radius 3 is 2.25 bits per heavy atom. The van der Waals surface area contributed by atoms with Crippen LogP contribution in [0.5, 0.6) is 5.75 Å². The fourth-order valence-corrected chi connectivity index (χ4v) is 1.46. The van der Waals surface area contributed by atoms with Crippen molar-refractivity contribution in [1.29, 1.82) is 0 Å². The largest absolute Gasteiger partial charge is 0.479 e. The number of aliphatic carboxylic acids is 1. The second-order valence-electron chi connectivity index (χ2n) is 3.70. The van der Waals surface area contributed by atoms with E-state index in [0.717, 1.165) is 17.4 Å². The van der Waals surface area contributed by atoms with Gasteiger partial charge in [0.15, 0.2) is 6.10 Å². The second-order valence-corrected chi connectivity index (χ2v) is 3.70. The number of carbonyl (C=O) groups excluding carboxylic acids is 1. The smallest absolute Gasteiger partial charge is 0.344 e. The third-order valence-electron chi connectivity index (χ3n) is 2.26. The molecular weight excluding hydrogens is 208 g/mol. The summed E-state index contributed by atoms with van der Waals surface area (Å²) in [6.45, 7) is 5.03. The van der Waals surface area contributed by atoms with E-state index in [1.807, 2.05) is 0 Å². The zero-order valence-corrected chi connectivity index (χ0v) is 9.48. The summed E-state index contributed by atoms with van der Waals surface area (Å²) in [7, 11) is 0. The molecule has 1 aromatic carbocycles. The number of hydrogen-bond acceptors (Lipinski definition) is 3. The van der Waals surface area contributed by atoms with E-state index in [0.29, 0.717) is 11.3 Å². The van der Waals surface area contributed by atoms with Crippen LogP contribution in [0.15, 0.2) is 12.1 Å². The van der Waals surface area contributed by atoms with Crippen molar-refractivity contribution < 1.29 is 19.4 Å². The highest BCUT2D eigenvalue weighted by atomic mass is 16.5. The summed E-state index contributed by atoms with van der Waals surface area (Å²) in [6, 6.07) is 3.34. The number of aldehydes is 1. The van der Waals surface area contributed by atoms with E-state index in [4.69, 9.17) is 9.84 Å². The van der Waals surface area contributed by atoms with Crippen molar-refractivity contribution in [2.24, 2.45) is 0 Å². The molecule has 0 amide bonds. The predicted molar refractivity (Wildman–Crippen MR) is 59.0 cm³/mol. The zero-order valence-electron chi connectivity index (χ0n) is 9.48. The van der Waals surface area contributed by atoms with Gasteiger partial charge in [-0.05, 0) is 44.0 Å². The molecule has 86 valence electrons. The molecule has 0 bridgehead atoms. The van der Waals surface area contributed by atoms with Crippen molar-refractivity contribution in [3.8, 4) is 5.75 Å². The summed E-state index contributed by atoms with van der Waals surface area (Å²) in [4.78, 5) is 21.3. The van der Waals surface area contributed by atoms with E-state index >= 15 is 0 Å². The van der Waals surface area contributed by atoms with Crippen LogP contribution in [0.4, 0.5) is 0 Å². The summed E-state index contributed by atoms with van der Waals surface area (Å²) in [5.74, 6) is -0.487. The summed E-state index contributed by atoms with van der Waals surface area (Å²) in [5.41, 5.74) is 2.08. The highest BCUT2D eigenvalue weighted by Gasteiger charge is 2.15. The first kappa shape index (κ1) is 12.2. The molecule has 0 aliphatic heterocycles. The predicted octanol–water partition coefficient (Wildman–Crippen LogP) is 1.97. The van der Waals surface area contributed by atoms with Gasteiger partial charge < -0.3 is 9.84 Å². The van der Waals surface area contributed by atoms with Crippen molar-refractivity contribution in [1.82, 2.24) is 0 Å². The number of carboxylic acid groups (broad SMARTS) is 1. The SMILES string of the molecule is Cc1cc(C=O)cc(C)c1OC(C)C(=O)O. The lowest BCUT2D eigenvalue weighted by atomic mass is 10.1. The van der Waals surface area contributed by atoms with Gasteiger partial charge in [-0.2, -0.15) is 0 Å². The molecule has 0 aliphatic carbocycles. The molecule has 4 heteroatoms. The van der Waals surface area contributed by atoms with Gasteiger partial charge in [0.25, 0.3) is 0 Å². The third-order valence-corrected chi connectivity index (χ3v) is 2.26. The van der Waals surface area contributed by atoms with Crippen molar-refractivity contribution in [3.05, 3.63) is 28.8 Å². The highest BCUT2D eigenvalue weighted by Crippen LogP contribution is 2.25. The van der Waals surface area contributed by atoms with E-state index in [1.165, 1.54) is 6.92 Å². The number of hydrogen-bond donors (Lipinski definition) is 1. The number of benzene rings is 1. The van der Waals surface area contributed by atoms with Gasteiger partial charge in [-0.1, -0.05) is 0 Å². The van der Waals surface area contributed by atoms with Gasteiger partial charge in [0.2, 0.25) is 0 Å². The van der Waals surface area contributed by atoms with Crippen LogP contribution in [-0.4, -0.2) is 23.5 Å². The average Bonchev–Trinajstić information content (AvgIpc) is 2.22. The molecule has 0 aromatic heterocycles. The van der Waals surface area contributed by atoms with Gasteiger partial charge in [-0.25, -0.2) is 4.79 Å². The van der Waals surface area contributed by atoms with Crippen LogP contribution in [0.3, 0.4) is 0 Å². The first-order valence-electron chi connectivity index (χ1n) is 4.91. The number of carboxylic acids is 1. The minimum absolute atomic E-state index is 0.528. The van der Waals surface area contributed by atoms with E-state index in [1.54, 1.807) is 26.0 Å². The summed E-state index contributed by atoms with van der Waals surface area (Å²) in [5, 5.41) is 8.74. The standard InChI is InChI=1S/C12H14O4/c1-7-4-10(6-13)5-8(2)11(7)16-9(3)12(14)15/h4-6,9H,1-3H3,(H,14,15). The Hall–Kier alpha value is -1.84. The lowest BCUT2D eigenvalue weighted by molar-refractivity contribution is -0.144. The Morgan fingerprint density at radius 2 is 1.88 bits per heavy atom. The van der Waals surface area contributed by atoms with Gasteiger partial charge in [-0.3, -0.25) is 4.79 Å². The molecule has 0 radical (unpaired) electrons. The Labute approximate surface area is 93.9 Å². The first-order valence-corrected chi connectivity index (χ1v) is 4.91. The monoisotopic (exact) mass is 222 g/mol. The van der Waals surface area contributed by atoms with Crippen LogP contribution in [0.1, 0.15) is 28.4 Å². The van der Waals surface area contributed by atoms with E-state index in [2.05, 4.69) is 0 Å². The highest BCUT2D eigenvalue weighted by molar-refractivity contribution is 5.77. The zero-order chi connectivity index (χ0) is 12.3. The molecule has 0 saturated carbocycles. The number of carbonyl (C=O) groups is 2. The number of rotatable bonds is 4. The lowest BCUT2D eigenvalue weighted by Gasteiger charge is -2.15. The molecule has 0 aliphatic rings. The summed E-state index contributed by atoms with van der Waals surface area (Å²) < 4.78 is 5.32. The Morgan fingerprint density at radius 1 is 1.38 bits per heavy atom. The van der Waals surface area contributed by atoms with E-state index in [-0.39, 0.29) is 0 Å². The number of aryl methyl sites for hydroxylation is 2. The molecule has 1 atom stereocenters. The van der Waals surface area contributed by atoms with Crippen LogP contribution >= 0.6 is 0 Å². The maximum absolute atomic E-state index is 10.7. The van der Waals surface area contributed by atoms with Gasteiger partial charge >= 0.3 is 5.97 Å². The van der Waals surface area contributed by atoms with Gasteiger partial charge in [0.05, 0.1) is 0 Å². The fourth-order valence-electron chi connectivity index (χ4n) is 1.46. The topological polar surface area (TPSA) is 63.6 Å². The van der Waals surface area contributed by atoms with Crippen LogP contribution in [-0.2, 0) is 4.79 Å². The molecular formula is C12H14O4. The number of ether oxygens (including phenoxy) is 1. The van der Waals surface area contributed by atoms with E-state index in [9.17, 15) is 9.59 Å². The molecule has 1 aromatic rings. The Balaban J connectivity index is 3.05. The van der Waals surface area contributed by atoms with Gasteiger partial charge in [-0.15, -0.1) is 0 Å². The molecule has 4 nitrogen and oxygen atoms in total. The third kappa shape index (κ3) is 2.59. The van der Waals surface area contributed by atoms with Crippen molar-refractivity contribution in [2.45, 2.75) is 26.9 Å². The Kier molecular flexibility index (Phi) is 3.66. The van der Waals surface area contributed by atoms with Crippen LogP contribution in [0.25, 0.3) is 0 Å². The molecule has 0 fully saturated rings. The second kappa shape index (κ2) is 4.79. The minimum Gasteiger partial charge on any atom is -0.479 e. The molecule has 1 N–H and O–H groups in total. The fraction of sp³-hybridized carbons (Fsp3) is 0.333. The van der Waals surface area contributed by atoms with Crippen molar-refractivity contribution in [2.75, 3.05) is 0 Å². The first-order chi connectivity index (χ1) is 7.45. The Bertz CT molecular complexity index is 400. The lowest BCUT2D eigenvalue weighted by Crippen LogP contribution is -2.23. The van der Waals surface area contributed by atoms with Crippen molar-refractivity contribution in [3.63, 3.8) is 0 Å². The van der Waals surface area contributed by atoms with Gasteiger partial charge in [0, 0.05) is 5.56 Å². The van der Waals surface area contributed by atoms with Crippen LogP contribution < -0.4 is 4.74 Å². The summed E-state index contributed by atoms with van der Waals surface area (Å²) in [6.07, 6.45) is -0.149. The maximum Gasteiger partial charge on any atom is 0.344 e. The molecule has 1 unspecified atom stereocenters. The van der Waals surface area contributed by atoms with Crippen molar-refractivity contribution >= 4 is 12.3 Å². The summed E-state index contributed by atoms with van der Waals surface area (Å²) >= 11 is 0. The molecule has 0 heterocycles. The van der Waals surface area contributed by atoms with E-state index < -0.39 is 12.1 Å². The van der Waals surface area contributed by atoms with Gasteiger partial charge in [0.1, 0.15) is 12.0 Å². The quantitative estimate of drug-likeness (QED) is 0.791. The molecule has 16 heavy (non-hydrogen) atoms. The minimum atomic E-state index is -1.02. The van der Waals surface area contributed by atoms with Crippen LogP contribution in [0, 0.1) is 13.8 Å². The molecule has 0 spiro atoms. The molecule has 0 saturated heterocycles. The van der Waals surface area contributed by atoms with Crippen LogP contribution in [0.2, 0.25) is 0 Å². The normalized spacial score (nSPS) is 11.9. The maximum atomic E-state index is 10.7.